The fourth-order valence-electron chi connectivity index (χ4n) is 1.69. The van der Waals surface area contributed by atoms with Gasteiger partial charge in [0.15, 0.2) is 5.75 Å². The van der Waals surface area contributed by atoms with Crippen LogP contribution in [-0.2, 0) is 4.79 Å². The average molecular weight is 288 g/mol. The second-order valence-electron chi connectivity index (χ2n) is 4.70. The van der Waals surface area contributed by atoms with Crippen LogP contribution < -0.4 is 10.1 Å². The summed E-state index contributed by atoms with van der Waals surface area (Å²) in [4.78, 5) is 13.1. The van der Waals surface area contributed by atoms with Gasteiger partial charge in [-0.1, -0.05) is 18.2 Å². The number of hydrogen-bond donors (Lipinski definition) is 1. The Labute approximate surface area is 123 Å². The van der Waals surface area contributed by atoms with Crippen LogP contribution in [0.15, 0.2) is 48.5 Å². The van der Waals surface area contributed by atoms with E-state index >= 15 is 0 Å². The summed E-state index contributed by atoms with van der Waals surface area (Å²) in [6, 6.07) is 13.1. The number of ether oxygens (including phenoxy) is 1. The molecule has 0 heterocycles. The van der Waals surface area contributed by atoms with E-state index < -0.39 is 0 Å². The molecule has 0 saturated heterocycles. The molecule has 1 amide bonds. The summed E-state index contributed by atoms with van der Waals surface area (Å²) in [6.45, 7) is 0.163. The van der Waals surface area contributed by atoms with E-state index in [1.807, 2.05) is 12.1 Å². The minimum atomic E-state index is -0.360. The smallest absolute Gasteiger partial charge is 0.241 e. The molecule has 0 aliphatic carbocycles. The Balaban J connectivity index is 2.11. The molecule has 110 valence electrons. The van der Waals surface area contributed by atoms with Gasteiger partial charge < -0.3 is 15.0 Å². The number of halogens is 1. The highest BCUT2D eigenvalue weighted by atomic mass is 19.1. The maximum absolute atomic E-state index is 13.2. The summed E-state index contributed by atoms with van der Waals surface area (Å²) < 4.78 is 18.8. The molecule has 5 heteroatoms. The summed E-state index contributed by atoms with van der Waals surface area (Å²) in [5, 5.41) is 3.02. The first-order valence-electron chi connectivity index (χ1n) is 6.53. The van der Waals surface area contributed by atoms with E-state index in [-0.39, 0.29) is 18.3 Å². The van der Waals surface area contributed by atoms with E-state index in [0.717, 1.165) is 0 Å². The van der Waals surface area contributed by atoms with E-state index in [2.05, 4.69) is 5.32 Å². The highest BCUT2D eigenvalue weighted by Crippen LogP contribution is 2.29. The van der Waals surface area contributed by atoms with E-state index in [1.165, 1.54) is 17.0 Å². The fraction of sp³-hybridized carbons (Fsp3) is 0.188. The summed E-state index contributed by atoms with van der Waals surface area (Å²) in [6.07, 6.45) is 0. The fourth-order valence-corrected chi connectivity index (χ4v) is 1.69. The number of anilines is 1. The topological polar surface area (TPSA) is 41.6 Å². The third-order valence-electron chi connectivity index (χ3n) is 2.84. The first kappa shape index (κ1) is 14.8. The van der Waals surface area contributed by atoms with E-state index in [4.69, 9.17) is 4.74 Å². The number of carbonyl (C=O) groups is 1. The zero-order chi connectivity index (χ0) is 15.2. The number of hydrogen-bond acceptors (Lipinski definition) is 3. The molecular formula is C16H17FN2O2. The molecule has 0 bridgehead atoms. The largest absolute Gasteiger partial charge is 0.455 e. The van der Waals surface area contributed by atoms with E-state index in [0.29, 0.717) is 17.2 Å². The lowest BCUT2D eigenvalue weighted by atomic mass is 10.2. The summed E-state index contributed by atoms with van der Waals surface area (Å²) in [5.74, 6) is 0.536. The van der Waals surface area contributed by atoms with Crippen molar-refractivity contribution >= 4 is 11.6 Å². The van der Waals surface area contributed by atoms with Crippen molar-refractivity contribution in [3.05, 3.63) is 54.3 Å². The van der Waals surface area contributed by atoms with Crippen LogP contribution in [0.1, 0.15) is 0 Å². The average Bonchev–Trinajstić information content (AvgIpc) is 2.46. The molecule has 21 heavy (non-hydrogen) atoms. The van der Waals surface area contributed by atoms with Crippen molar-refractivity contribution in [2.45, 2.75) is 0 Å². The van der Waals surface area contributed by atoms with Crippen molar-refractivity contribution in [2.75, 3.05) is 26.0 Å². The minimum absolute atomic E-state index is 0.0458. The van der Waals surface area contributed by atoms with Crippen molar-refractivity contribution in [2.24, 2.45) is 0 Å². The summed E-state index contributed by atoms with van der Waals surface area (Å²) in [7, 11) is 3.39. The predicted molar refractivity (Wildman–Crippen MR) is 80.1 cm³/mol. The second-order valence-corrected chi connectivity index (χ2v) is 4.70. The molecule has 0 aromatic heterocycles. The Morgan fingerprint density at radius 1 is 1.19 bits per heavy atom. The first-order valence-corrected chi connectivity index (χ1v) is 6.53. The van der Waals surface area contributed by atoms with Crippen LogP contribution in [0.2, 0.25) is 0 Å². The first-order chi connectivity index (χ1) is 10.1. The molecule has 0 radical (unpaired) electrons. The Kier molecular flexibility index (Phi) is 4.77. The van der Waals surface area contributed by atoms with Gasteiger partial charge in [-0.3, -0.25) is 4.79 Å². The van der Waals surface area contributed by atoms with Gasteiger partial charge in [-0.15, -0.1) is 0 Å². The molecule has 0 atom stereocenters. The van der Waals surface area contributed by atoms with Crippen LogP contribution >= 0.6 is 0 Å². The lowest BCUT2D eigenvalue weighted by Gasteiger charge is -2.15. The minimum Gasteiger partial charge on any atom is -0.455 e. The third-order valence-corrected chi connectivity index (χ3v) is 2.84. The SMILES string of the molecule is CN(C)C(=O)CNc1ccccc1Oc1cccc(F)c1. The summed E-state index contributed by atoms with van der Waals surface area (Å²) >= 11 is 0. The van der Waals surface area contributed by atoms with E-state index in [9.17, 15) is 9.18 Å². The molecule has 2 rings (SSSR count). The number of amides is 1. The summed E-state index contributed by atoms with van der Waals surface area (Å²) in [5.41, 5.74) is 0.678. The van der Waals surface area contributed by atoms with Crippen LogP contribution in [0.4, 0.5) is 10.1 Å². The quantitative estimate of drug-likeness (QED) is 0.919. The van der Waals surface area contributed by atoms with Gasteiger partial charge in [0.1, 0.15) is 11.6 Å². The highest BCUT2D eigenvalue weighted by Gasteiger charge is 2.08. The van der Waals surface area contributed by atoms with Crippen molar-refractivity contribution in [1.82, 2.24) is 4.90 Å². The zero-order valence-electron chi connectivity index (χ0n) is 12.0. The van der Waals surface area contributed by atoms with Crippen LogP contribution in [0.25, 0.3) is 0 Å². The molecule has 2 aromatic rings. The molecule has 0 fully saturated rings. The van der Waals surface area contributed by atoms with Crippen LogP contribution in [-0.4, -0.2) is 31.4 Å². The molecule has 1 N–H and O–H groups in total. The van der Waals surface area contributed by atoms with Gasteiger partial charge in [0.05, 0.1) is 12.2 Å². The maximum atomic E-state index is 13.2. The number of rotatable bonds is 5. The Bertz CT molecular complexity index is 629. The van der Waals surface area contributed by atoms with Crippen LogP contribution in [0, 0.1) is 5.82 Å². The molecule has 0 unspecified atom stereocenters. The lowest BCUT2D eigenvalue weighted by Crippen LogP contribution is -2.28. The number of likely N-dealkylation sites (N-methyl/N-ethyl adjacent to an activating group) is 1. The van der Waals surface area contributed by atoms with Crippen molar-refractivity contribution in [1.29, 1.82) is 0 Å². The van der Waals surface area contributed by atoms with Gasteiger partial charge in [0.2, 0.25) is 5.91 Å². The molecule has 0 spiro atoms. The van der Waals surface area contributed by atoms with Gasteiger partial charge in [0.25, 0.3) is 0 Å². The Morgan fingerprint density at radius 2 is 1.95 bits per heavy atom. The monoisotopic (exact) mass is 288 g/mol. The van der Waals surface area contributed by atoms with Gasteiger partial charge >= 0.3 is 0 Å². The molecule has 0 aliphatic heterocycles. The van der Waals surface area contributed by atoms with Gasteiger partial charge in [-0.25, -0.2) is 4.39 Å². The highest BCUT2D eigenvalue weighted by molar-refractivity contribution is 5.81. The molecule has 2 aromatic carbocycles. The van der Waals surface area contributed by atoms with E-state index in [1.54, 1.807) is 38.4 Å². The standard InChI is InChI=1S/C16H17FN2O2/c1-19(2)16(20)11-18-14-8-3-4-9-15(14)21-13-7-5-6-12(17)10-13/h3-10,18H,11H2,1-2H3. The number of nitrogens with zero attached hydrogens (tertiary/aromatic N) is 1. The van der Waals surface area contributed by atoms with Gasteiger partial charge in [0, 0.05) is 20.2 Å². The number of para-hydroxylation sites is 2. The number of benzene rings is 2. The Morgan fingerprint density at radius 3 is 2.67 bits per heavy atom. The third kappa shape index (κ3) is 4.21. The number of carbonyl (C=O) groups excluding carboxylic acids is 1. The Hall–Kier alpha value is -2.56. The number of nitrogens with one attached hydrogen (secondary N) is 1. The second kappa shape index (κ2) is 6.74. The van der Waals surface area contributed by atoms with Gasteiger partial charge in [-0.2, -0.15) is 0 Å². The molecule has 0 saturated carbocycles. The maximum Gasteiger partial charge on any atom is 0.241 e. The lowest BCUT2D eigenvalue weighted by molar-refractivity contribution is -0.126. The van der Waals surface area contributed by atoms with Crippen molar-refractivity contribution < 1.29 is 13.9 Å². The normalized spacial score (nSPS) is 10.0. The van der Waals surface area contributed by atoms with Crippen molar-refractivity contribution in [3.8, 4) is 11.5 Å². The zero-order valence-corrected chi connectivity index (χ0v) is 12.0. The molecule has 4 nitrogen and oxygen atoms in total. The molecule has 0 aliphatic rings. The predicted octanol–water partition coefficient (Wildman–Crippen LogP) is 3.12. The molecular weight excluding hydrogens is 271 g/mol. The van der Waals surface area contributed by atoms with Crippen LogP contribution in [0.3, 0.4) is 0 Å². The van der Waals surface area contributed by atoms with Crippen LogP contribution in [0.5, 0.6) is 11.5 Å². The van der Waals surface area contributed by atoms with Gasteiger partial charge in [-0.05, 0) is 24.3 Å². The van der Waals surface area contributed by atoms with Crippen molar-refractivity contribution in [3.63, 3.8) is 0 Å².